The standard InChI is InChI=1S/C13H13N3O3/c17-9-3-6-15(7-4-9)13(19)10-8-16-5-1-2-11(18)12(16)14-10/h1-2,5,8,18H,3-4,6-7H2. The van der Waals surface area contributed by atoms with E-state index in [9.17, 15) is 14.7 Å². The number of amides is 1. The lowest BCUT2D eigenvalue weighted by Crippen LogP contribution is -2.38. The molecule has 3 rings (SSSR count). The fourth-order valence-electron chi connectivity index (χ4n) is 2.22. The van der Waals surface area contributed by atoms with Crippen molar-refractivity contribution >= 4 is 17.3 Å². The Bertz CT molecular complexity index is 652. The molecule has 1 aliphatic rings. The van der Waals surface area contributed by atoms with Gasteiger partial charge in [0.25, 0.3) is 5.91 Å². The number of Topliss-reactive ketones (excluding diaryl/α,β-unsaturated/α-hetero) is 1. The van der Waals surface area contributed by atoms with Gasteiger partial charge in [0.15, 0.2) is 11.4 Å². The molecule has 0 aliphatic carbocycles. The molecule has 98 valence electrons. The Morgan fingerprint density at radius 2 is 2.05 bits per heavy atom. The van der Waals surface area contributed by atoms with E-state index in [1.54, 1.807) is 27.8 Å². The van der Waals surface area contributed by atoms with Crippen molar-refractivity contribution in [2.45, 2.75) is 12.8 Å². The highest BCUT2D eigenvalue weighted by Crippen LogP contribution is 2.18. The zero-order chi connectivity index (χ0) is 13.4. The highest BCUT2D eigenvalue weighted by atomic mass is 16.3. The van der Waals surface area contributed by atoms with Crippen molar-refractivity contribution in [2.24, 2.45) is 0 Å². The number of fused-ring (bicyclic) bond motifs is 1. The quantitative estimate of drug-likeness (QED) is 0.823. The zero-order valence-corrected chi connectivity index (χ0v) is 10.2. The summed E-state index contributed by atoms with van der Waals surface area (Å²) in [5.74, 6) is 0.0302. The molecule has 0 atom stereocenters. The van der Waals surface area contributed by atoms with E-state index in [0.717, 1.165) is 0 Å². The minimum absolute atomic E-state index is 0.0374. The van der Waals surface area contributed by atoms with E-state index < -0.39 is 0 Å². The molecule has 0 radical (unpaired) electrons. The van der Waals surface area contributed by atoms with E-state index in [1.807, 2.05) is 0 Å². The topological polar surface area (TPSA) is 74.9 Å². The Hall–Kier alpha value is -2.37. The van der Waals surface area contributed by atoms with Crippen molar-refractivity contribution < 1.29 is 14.7 Å². The van der Waals surface area contributed by atoms with E-state index >= 15 is 0 Å². The monoisotopic (exact) mass is 259 g/mol. The van der Waals surface area contributed by atoms with Crippen molar-refractivity contribution in [2.75, 3.05) is 13.1 Å². The average Bonchev–Trinajstić information content (AvgIpc) is 2.84. The van der Waals surface area contributed by atoms with Gasteiger partial charge in [-0.3, -0.25) is 9.59 Å². The first kappa shape index (κ1) is 11.7. The van der Waals surface area contributed by atoms with E-state index in [1.165, 1.54) is 6.07 Å². The molecule has 1 N–H and O–H groups in total. The molecule has 0 bridgehead atoms. The van der Waals surface area contributed by atoms with Gasteiger partial charge in [-0.15, -0.1) is 0 Å². The molecule has 1 fully saturated rings. The molecule has 2 aromatic heterocycles. The molecule has 0 spiro atoms. The van der Waals surface area contributed by atoms with Crippen LogP contribution < -0.4 is 0 Å². The van der Waals surface area contributed by atoms with Crippen molar-refractivity contribution in [3.8, 4) is 5.75 Å². The van der Waals surface area contributed by atoms with Gasteiger partial charge in [-0.2, -0.15) is 0 Å². The first-order chi connectivity index (χ1) is 9.15. The Labute approximate surface area is 109 Å². The highest BCUT2D eigenvalue weighted by Gasteiger charge is 2.23. The molecule has 6 heteroatoms. The number of likely N-dealkylation sites (tertiary alicyclic amines) is 1. The number of aromatic hydroxyl groups is 1. The van der Waals surface area contributed by atoms with Gasteiger partial charge in [-0.05, 0) is 12.1 Å². The van der Waals surface area contributed by atoms with Crippen LogP contribution in [0.15, 0.2) is 24.5 Å². The average molecular weight is 259 g/mol. The smallest absolute Gasteiger partial charge is 0.274 e. The first-order valence-corrected chi connectivity index (χ1v) is 6.13. The van der Waals surface area contributed by atoms with Crippen LogP contribution in [0.4, 0.5) is 0 Å². The number of carbonyl (C=O) groups excluding carboxylic acids is 2. The van der Waals surface area contributed by atoms with Crippen LogP contribution in [0.1, 0.15) is 23.3 Å². The summed E-state index contributed by atoms with van der Waals surface area (Å²) < 4.78 is 1.61. The molecule has 19 heavy (non-hydrogen) atoms. The molecule has 1 aliphatic heterocycles. The van der Waals surface area contributed by atoms with Crippen LogP contribution >= 0.6 is 0 Å². The molecule has 1 amide bonds. The van der Waals surface area contributed by atoms with Gasteiger partial charge in [0.05, 0.1) is 0 Å². The van der Waals surface area contributed by atoms with Gasteiger partial charge in [-0.25, -0.2) is 4.98 Å². The van der Waals surface area contributed by atoms with Gasteiger partial charge >= 0.3 is 0 Å². The second-order valence-electron chi connectivity index (χ2n) is 4.58. The molecule has 1 saturated heterocycles. The maximum absolute atomic E-state index is 12.2. The number of aromatic nitrogens is 2. The summed E-state index contributed by atoms with van der Waals surface area (Å²) in [6.07, 6.45) is 4.13. The second kappa shape index (κ2) is 4.38. The summed E-state index contributed by atoms with van der Waals surface area (Å²) in [4.78, 5) is 29.2. The number of piperidine rings is 1. The van der Waals surface area contributed by atoms with Gasteiger partial charge in [0.2, 0.25) is 0 Å². The minimum Gasteiger partial charge on any atom is -0.504 e. The molecule has 0 aromatic carbocycles. The van der Waals surface area contributed by atoms with E-state index in [-0.39, 0.29) is 23.1 Å². The number of hydrogen-bond donors (Lipinski definition) is 1. The second-order valence-corrected chi connectivity index (χ2v) is 4.58. The van der Waals surface area contributed by atoms with Crippen LogP contribution in [0.5, 0.6) is 5.75 Å². The number of pyridine rings is 1. The maximum Gasteiger partial charge on any atom is 0.274 e. The number of imidazole rings is 1. The van der Waals surface area contributed by atoms with Crippen LogP contribution in [0.2, 0.25) is 0 Å². The number of ketones is 1. The molecule has 0 saturated carbocycles. The third-order valence-electron chi connectivity index (χ3n) is 3.29. The zero-order valence-electron chi connectivity index (χ0n) is 10.2. The van der Waals surface area contributed by atoms with Crippen molar-refractivity contribution in [3.63, 3.8) is 0 Å². The third-order valence-corrected chi connectivity index (χ3v) is 3.29. The van der Waals surface area contributed by atoms with E-state index in [2.05, 4.69) is 4.98 Å². The Morgan fingerprint density at radius 3 is 2.74 bits per heavy atom. The summed E-state index contributed by atoms with van der Waals surface area (Å²) in [5.41, 5.74) is 0.648. The van der Waals surface area contributed by atoms with Gasteiger partial charge in [0, 0.05) is 38.3 Å². The Balaban J connectivity index is 1.89. The fourth-order valence-corrected chi connectivity index (χ4v) is 2.22. The Kier molecular flexibility index (Phi) is 2.70. The summed E-state index contributed by atoms with van der Waals surface area (Å²) >= 11 is 0. The first-order valence-electron chi connectivity index (χ1n) is 6.13. The summed E-state index contributed by atoms with van der Waals surface area (Å²) in [6, 6.07) is 3.20. The summed E-state index contributed by atoms with van der Waals surface area (Å²) in [5, 5.41) is 9.66. The SMILES string of the molecule is O=C1CCN(C(=O)c2cn3cccc(O)c3n2)CC1. The van der Waals surface area contributed by atoms with Crippen molar-refractivity contribution in [1.29, 1.82) is 0 Å². The minimum atomic E-state index is -0.199. The van der Waals surface area contributed by atoms with Gasteiger partial charge in [-0.1, -0.05) is 0 Å². The lowest BCUT2D eigenvalue weighted by atomic mass is 10.1. The van der Waals surface area contributed by atoms with E-state index in [0.29, 0.717) is 31.6 Å². The maximum atomic E-state index is 12.2. The highest BCUT2D eigenvalue weighted by molar-refractivity contribution is 5.94. The van der Waals surface area contributed by atoms with Gasteiger partial charge in [0.1, 0.15) is 11.5 Å². The molecular formula is C13H13N3O3. The van der Waals surface area contributed by atoms with Crippen LogP contribution in [-0.2, 0) is 4.79 Å². The van der Waals surface area contributed by atoms with E-state index in [4.69, 9.17) is 0 Å². The van der Waals surface area contributed by atoms with Crippen LogP contribution in [0, 0.1) is 0 Å². The van der Waals surface area contributed by atoms with Crippen molar-refractivity contribution in [1.82, 2.24) is 14.3 Å². The molecule has 2 aromatic rings. The largest absolute Gasteiger partial charge is 0.504 e. The van der Waals surface area contributed by atoms with Crippen LogP contribution in [0.3, 0.4) is 0 Å². The lowest BCUT2D eigenvalue weighted by molar-refractivity contribution is -0.120. The fraction of sp³-hybridized carbons (Fsp3) is 0.308. The number of rotatable bonds is 1. The summed E-state index contributed by atoms with van der Waals surface area (Å²) in [6.45, 7) is 0.884. The summed E-state index contributed by atoms with van der Waals surface area (Å²) in [7, 11) is 0. The predicted molar refractivity (Wildman–Crippen MR) is 67.0 cm³/mol. The lowest BCUT2D eigenvalue weighted by Gasteiger charge is -2.25. The van der Waals surface area contributed by atoms with Crippen molar-refractivity contribution in [3.05, 3.63) is 30.2 Å². The Morgan fingerprint density at radius 1 is 1.32 bits per heavy atom. The third kappa shape index (κ3) is 2.05. The van der Waals surface area contributed by atoms with Crippen LogP contribution in [0.25, 0.3) is 5.65 Å². The number of nitrogens with zero attached hydrogens (tertiary/aromatic N) is 3. The number of hydrogen-bond acceptors (Lipinski definition) is 4. The molecular weight excluding hydrogens is 246 g/mol. The normalized spacial score (nSPS) is 16.0. The van der Waals surface area contributed by atoms with Gasteiger partial charge < -0.3 is 14.4 Å². The molecule has 6 nitrogen and oxygen atoms in total. The predicted octanol–water partition coefficient (Wildman–Crippen LogP) is 0.845. The molecule has 0 unspecified atom stereocenters. The van der Waals surface area contributed by atoms with Crippen LogP contribution in [-0.4, -0.2) is 44.2 Å². The number of carbonyl (C=O) groups is 2. The molecule has 3 heterocycles.